The first-order valence-electron chi connectivity index (χ1n) is 6.43. The van der Waals surface area contributed by atoms with E-state index in [9.17, 15) is 0 Å². The fourth-order valence-electron chi connectivity index (χ4n) is 1.71. The number of thioether (sulfide) groups is 1. The van der Waals surface area contributed by atoms with Crippen LogP contribution in [0.5, 0.6) is 0 Å². The van der Waals surface area contributed by atoms with Gasteiger partial charge in [-0.1, -0.05) is 22.0 Å². The van der Waals surface area contributed by atoms with Crippen LogP contribution in [0.15, 0.2) is 50.4 Å². The van der Waals surface area contributed by atoms with Crippen molar-refractivity contribution in [1.82, 2.24) is 5.32 Å². The Kier molecular flexibility index (Phi) is 6.66. The lowest BCUT2D eigenvalue weighted by Gasteiger charge is -2.08. The highest BCUT2D eigenvalue weighted by Crippen LogP contribution is 2.27. The van der Waals surface area contributed by atoms with Crippen LogP contribution in [0.2, 0.25) is 0 Å². The average molecular weight is 356 g/mol. The largest absolute Gasteiger partial charge is 0.468 e. The summed E-state index contributed by atoms with van der Waals surface area (Å²) in [5, 5.41) is 3.34. The van der Waals surface area contributed by atoms with Crippen molar-refractivity contribution in [2.75, 3.05) is 20.3 Å². The molecule has 0 amide bonds. The van der Waals surface area contributed by atoms with Crippen molar-refractivity contribution in [2.45, 2.75) is 17.2 Å². The van der Waals surface area contributed by atoms with Gasteiger partial charge in [-0.2, -0.15) is 0 Å². The lowest BCUT2D eigenvalue weighted by molar-refractivity contribution is 0.199. The molecular formula is C15H18BrNO2S. The Bertz CT molecular complexity index is 517. The summed E-state index contributed by atoms with van der Waals surface area (Å²) in [7, 11) is 1.71. The minimum absolute atomic E-state index is 0.731. The van der Waals surface area contributed by atoms with Crippen LogP contribution in [-0.4, -0.2) is 20.3 Å². The van der Waals surface area contributed by atoms with Crippen molar-refractivity contribution in [1.29, 1.82) is 0 Å². The predicted octanol–water partition coefficient (Wildman–Crippen LogP) is 4.07. The Balaban J connectivity index is 1.85. The maximum absolute atomic E-state index is 5.33. The maximum atomic E-state index is 5.33. The van der Waals surface area contributed by atoms with E-state index in [1.54, 1.807) is 25.1 Å². The zero-order chi connectivity index (χ0) is 14.2. The van der Waals surface area contributed by atoms with E-state index < -0.39 is 0 Å². The van der Waals surface area contributed by atoms with Crippen molar-refractivity contribution in [3.63, 3.8) is 0 Å². The van der Waals surface area contributed by atoms with Gasteiger partial charge in [0, 0.05) is 29.6 Å². The number of nitrogens with one attached hydrogen (secondary N) is 1. The number of hydrogen-bond donors (Lipinski definition) is 1. The quantitative estimate of drug-likeness (QED) is 0.571. The first-order valence-corrected chi connectivity index (χ1v) is 8.20. The van der Waals surface area contributed by atoms with Gasteiger partial charge in [0.2, 0.25) is 0 Å². The van der Waals surface area contributed by atoms with Crippen LogP contribution in [0, 0.1) is 0 Å². The first kappa shape index (κ1) is 15.6. The number of rotatable bonds is 8. The van der Waals surface area contributed by atoms with Crippen LogP contribution in [-0.2, 0) is 17.0 Å². The van der Waals surface area contributed by atoms with Gasteiger partial charge < -0.3 is 14.5 Å². The summed E-state index contributed by atoms with van der Waals surface area (Å²) in [6, 6.07) is 10.4. The van der Waals surface area contributed by atoms with E-state index in [4.69, 9.17) is 9.15 Å². The second-order valence-corrected chi connectivity index (χ2v) is 6.19. The second kappa shape index (κ2) is 8.52. The minimum atomic E-state index is 0.731. The highest BCUT2D eigenvalue weighted by Gasteiger charge is 2.03. The van der Waals surface area contributed by atoms with E-state index in [0.29, 0.717) is 0 Å². The van der Waals surface area contributed by atoms with Gasteiger partial charge in [-0.25, -0.2) is 0 Å². The smallest absolute Gasteiger partial charge is 0.113 e. The molecular weight excluding hydrogens is 338 g/mol. The summed E-state index contributed by atoms with van der Waals surface area (Å²) < 4.78 is 11.5. The number of ether oxygens (including phenoxy) is 1. The molecule has 1 aromatic heterocycles. The Labute approximate surface area is 132 Å². The van der Waals surface area contributed by atoms with Crippen LogP contribution in [0.4, 0.5) is 0 Å². The molecule has 1 heterocycles. The van der Waals surface area contributed by atoms with Gasteiger partial charge >= 0.3 is 0 Å². The third kappa shape index (κ3) is 4.98. The summed E-state index contributed by atoms with van der Waals surface area (Å²) in [4.78, 5) is 1.23. The molecule has 3 nitrogen and oxygen atoms in total. The Hall–Kier alpha value is -0.750. The van der Waals surface area contributed by atoms with Crippen molar-refractivity contribution in [3.05, 3.63) is 52.4 Å². The third-order valence-electron chi connectivity index (χ3n) is 2.78. The monoisotopic (exact) mass is 355 g/mol. The molecule has 0 aliphatic rings. The predicted molar refractivity (Wildman–Crippen MR) is 86.0 cm³/mol. The summed E-state index contributed by atoms with van der Waals surface area (Å²) >= 11 is 5.40. The maximum Gasteiger partial charge on any atom is 0.113 e. The van der Waals surface area contributed by atoms with E-state index in [-0.39, 0.29) is 0 Å². The Morgan fingerprint density at radius 2 is 2.25 bits per heavy atom. The van der Waals surface area contributed by atoms with Gasteiger partial charge in [0.25, 0.3) is 0 Å². The zero-order valence-electron chi connectivity index (χ0n) is 11.4. The highest BCUT2D eigenvalue weighted by atomic mass is 79.9. The number of benzene rings is 1. The molecule has 0 bridgehead atoms. The molecule has 5 heteroatoms. The van der Waals surface area contributed by atoms with Gasteiger partial charge in [0.15, 0.2) is 0 Å². The topological polar surface area (TPSA) is 34.4 Å². The average Bonchev–Trinajstić information content (AvgIpc) is 2.96. The molecule has 2 rings (SSSR count). The standard InChI is InChI=1S/C15H18BrNO2S/c1-18-8-6-17-10-12-4-5-14(9-15(12)16)20-11-13-3-2-7-19-13/h2-5,7,9,17H,6,8,10-11H2,1H3. The molecule has 108 valence electrons. The fraction of sp³-hybridized carbons (Fsp3) is 0.333. The van der Waals surface area contributed by atoms with Crippen molar-refractivity contribution in [3.8, 4) is 0 Å². The van der Waals surface area contributed by atoms with Gasteiger partial charge in [-0.05, 0) is 29.8 Å². The van der Waals surface area contributed by atoms with E-state index in [2.05, 4.69) is 39.4 Å². The van der Waals surface area contributed by atoms with Gasteiger partial charge in [-0.15, -0.1) is 11.8 Å². The van der Waals surface area contributed by atoms with E-state index in [1.807, 2.05) is 12.1 Å². The molecule has 0 fully saturated rings. The summed E-state index contributed by atoms with van der Waals surface area (Å²) in [5.41, 5.74) is 1.25. The van der Waals surface area contributed by atoms with E-state index in [0.717, 1.165) is 35.7 Å². The molecule has 0 aliphatic heterocycles. The number of methoxy groups -OCH3 is 1. The highest BCUT2D eigenvalue weighted by molar-refractivity contribution is 9.10. The molecule has 0 atom stereocenters. The van der Waals surface area contributed by atoms with Crippen molar-refractivity contribution < 1.29 is 9.15 Å². The zero-order valence-corrected chi connectivity index (χ0v) is 13.8. The Morgan fingerprint density at radius 3 is 2.95 bits per heavy atom. The fourth-order valence-corrected chi connectivity index (χ4v) is 3.22. The lowest BCUT2D eigenvalue weighted by Crippen LogP contribution is -2.18. The second-order valence-electron chi connectivity index (χ2n) is 4.29. The number of halogens is 1. The molecule has 0 unspecified atom stereocenters. The van der Waals surface area contributed by atoms with Gasteiger partial charge in [-0.3, -0.25) is 0 Å². The van der Waals surface area contributed by atoms with Crippen LogP contribution in [0.1, 0.15) is 11.3 Å². The van der Waals surface area contributed by atoms with E-state index in [1.165, 1.54) is 10.5 Å². The molecule has 1 aromatic carbocycles. The number of hydrogen-bond acceptors (Lipinski definition) is 4. The van der Waals surface area contributed by atoms with Crippen LogP contribution >= 0.6 is 27.7 Å². The molecule has 0 radical (unpaired) electrons. The van der Waals surface area contributed by atoms with Crippen LogP contribution in [0.3, 0.4) is 0 Å². The number of furan rings is 1. The SMILES string of the molecule is COCCNCc1ccc(SCc2ccco2)cc1Br. The minimum Gasteiger partial charge on any atom is -0.468 e. The molecule has 0 aliphatic carbocycles. The normalized spacial score (nSPS) is 10.9. The van der Waals surface area contributed by atoms with Crippen molar-refractivity contribution >= 4 is 27.7 Å². The molecule has 2 aromatic rings. The van der Waals surface area contributed by atoms with Crippen LogP contribution in [0.25, 0.3) is 0 Å². The van der Waals surface area contributed by atoms with Crippen LogP contribution < -0.4 is 5.32 Å². The molecule has 1 N–H and O–H groups in total. The molecule has 0 saturated carbocycles. The van der Waals surface area contributed by atoms with Gasteiger partial charge in [0.1, 0.15) is 5.76 Å². The Morgan fingerprint density at radius 1 is 1.35 bits per heavy atom. The van der Waals surface area contributed by atoms with Crippen molar-refractivity contribution in [2.24, 2.45) is 0 Å². The molecule has 0 saturated heterocycles. The molecule has 20 heavy (non-hydrogen) atoms. The lowest BCUT2D eigenvalue weighted by atomic mass is 10.2. The summed E-state index contributed by atoms with van der Waals surface area (Å²) in [6.45, 7) is 2.43. The third-order valence-corrected chi connectivity index (χ3v) is 4.54. The van der Waals surface area contributed by atoms with E-state index >= 15 is 0 Å². The molecule has 0 spiro atoms. The summed E-state index contributed by atoms with van der Waals surface area (Å²) in [5.74, 6) is 1.85. The van der Waals surface area contributed by atoms with Gasteiger partial charge in [0.05, 0.1) is 18.6 Å². The first-order chi connectivity index (χ1) is 9.79. The summed E-state index contributed by atoms with van der Waals surface area (Å²) in [6.07, 6.45) is 1.71.